The minimum Gasteiger partial charge on any atom is -0.456 e. The fourth-order valence-electron chi connectivity index (χ4n) is 8.98. The lowest BCUT2D eigenvalue weighted by atomic mass is 9.35. The van der Waals surface area contributed by atoms with Gasteiger partial charge in [0, 0.05) is 34.0 Å². The van der Waals surface area contributed by atoms with E-state index < -0.39 is 0 Å². The Hall–Kier alpha value is -7.36. The molecule has 0 unspecified atom stereocenters. The first-order valence-electron chi connectivity index (χ1n) is 19.6. The molecule has 0 aliphatic carbocycles. The van der Waals surface area contributed by atoms with E-state index in [4.69, 9.17) is 4.74 Å². The first-order chi connectivity index (χ1) is 28.3. The monoisotopic (exact) mass is 725 g/mol. The van der Waals surface area contributed by atoms with Crippen molar-refractivity contribution in [3.05, 3.63) is 218 Å². The molecule has 0 saturated carbocycles. The van der Waals surface area contributed by atoms with Crippen LogP contribution in [0.4, 0.5) is 17.1 Å². The van der Waals surface area contributed by atoms with E-state index in [2.05, 4.69) is 223 Å². The van der Waals surface area contributed by atoms with Crippen molar-refractivity contribution in [3.8, 4) is 33.8 Å². The standard InChI is InChI=1S/C54H36BNO/c1-3-16-39(17-4-1)45-24-11-12-27-51(45)56(42-30-29-37-15-7-8-19-40(37)35-42)43-31-32-46-47-33-34-50(48-25-14-28-52(54(47)48)57-53(46)36-43)55(41-21-5-2-6-22-41)49-26-13-20-38-18-9-10-23-44(38)49/h1-36H. The average Bonchev–Trinajstić information content (AvgIpc) is 3.28. The Morgan fingerprint density at radius 3 is 1.88 bits per heavy atom. The third-order valence-electron chi connectivity index (χ3n) is 11.6. The fraction of sp³-hybridized carbons (Fsp3) is 0. The number of fused-ring (bicyclic) bond motifs is 4. The van der Waals surface area contributed by atoms with Crippen molar-refractivity contribution in [1.82, 2.24) is 0 Å². The van der Waals surface area contributed by atoms with E-state index in [-0.39, 0.29) is 6.71 Å². The van der Waals surface area contributed by atoms with Crippen LogP contribution < -0.4 is 26.0 Å². The molecule has 1 aliphatic heterocycles. The number of ether oxygens (including phenoxy) is 1. The maximum Gasteiger partial charge on any atom is 0.242 e. The van der Waals surface area contributed by atoms with Crippen molar-refractivity contribution in [3.63, 3.8) is 0 Å². The predicted octanol–water partition coefficient (Wildman–Crippen LogP) is 12.6. The van der Waals surface area contributed by atoms with Crippen LogP contribution in [0, 0.1) is 0 Å². The topological polar surface area (TPSA) is 12.5 Å². The summed E-state index contributed by atoms with van der Waals surface area (Å²) >= 11 is 0. The van der Waals surface area contributed by atoms with Crippen molar-refractivity contribution in [2.45, 2.75) is 0 Å². The zero-order valence-corrected chi connectivity index (χ0v) is 31.2. The molecule has 0 atom stereocenters. The Balaban J connectivity index is 1.08. The first kappa shape index (κ1) is 33.0. The van der Waals surface area contributed by atoms with Gasteiger partial charge in [-0.15, -0.1) is 0 Å². The third-order valence-corrected chi connectivity index (χ3v) is 11.6. The summed E-state index contributed by atoms with van der Waals surface area (Å²) in [5, 5.41) is 7.28. The highest BCUT2D eigenvalue weighted by Gasteiger charge is 2.29. The molecule has 1 aliphatic rings. The molecular weight excluding hydrogens is 689 g/mol. The molecule has 0 fully saturated rings. The highest BCUT2D eigenvalue weighted by Crippen LogP contribution is 2.49. The number of benzene rings is 10. The van der Waals surface area contributed by atoms with E-state index in [0.29, 0.717) is 0 Å². The molecule has 0 N–H and O–H groups in total. The molecule has 266 valence electrons. The summed E-state index contributed by atoms with van der Waals surface area (Å²) in [6, 6.07) is 78.8. The molecular formula is C54H36BNO. The molecule has 10 aromatic rings. The van der Waals surface area contributed by atoms with Gasteiger partial charge in [-0.05, 0) is 74.5 Å². The second-order valence-electron chi connectivity index (χ2n) is 14.8. The summed E-state index contributed by atoms with van der Waals surface area (Å²) in [4.78, 5) is 2.37. The third kappa shape index (κ3) is 5.67. The largest absolute Gasteiger partial charge is 0.456 e. The Kier molecular flexibility index (Phi) is 7.96. The van der Waals surface area contributed by atoms with Crippen LogP contribution in [0.3, 0.4) is 0 Å². The van der Waals surface area contributed by atoms with Crippen molar-refractivity contribution in [2.24, 2.45) is 0 Å². The van der Waals surface area contributed by atoms with Gasteiger partial charge in [-0.2, -0.15) is 0 Å². The lowest BCUT2D eigenvalue weighted by molar-refractivity contribution is 0.487. The zero-order chi connectivity index (χ0) is 37.7. The molecule has 0 radical (unpaired) electrons. The summed E-state index contributed by atoms with van der Waals surface area (Å²) in [6.07, 6.45) is 0. The van der Waals surface area contributed by atoms with Crippen LogP contribution in [-0.2, 0) is 0 Å². The van der Waals surface area contributed by atoms with Gasteiger partial charge in [0.1, 0.15) is 11.5 Å². The van der Waals surface area contributed by atoms with Gasteiger partial charge < -0.3 is 9.64 Å². The van der Waals surface area contributed by atoms with Gasteiger partial charge in [-0.1, -0.05) is 192 Å². The maximum absolute atomic E-state index is 6.99. The van der Waals surface area contributed by atoms with Crippen molar-refractivity contribution < 1.29 is 4.74 Å². The van der Waals surface area contributed by atoms with Crippen LogP contribution in [-0.4, -0.2) is 6.71 Å². The second kappa shape index (κ2) is 13.7. The maximum atomic E-state index is 6.99. The second-order valence-corrected chi connectivity index (χ2v) is 14.8. The van der Waals surface area contributed by atoms with Gasteiger partial charge in [-0.25, -0.2) is 0 Å². The number of nitrogens with zero attached hydrogens (tertiary/aromatic N) is 1. The average molecular weight is 726 g/mol. The predicted molar refractivity (Wildman–Crippen MR) is 242 cm³/mol. The lowest BCUT2D eigenvalue weighted by Gasteiger charge is -2.30. The summed E-state index contributed by atoms with van der Waals surface area (Å²) in [5.74, 6) is 1.72. The minimum atomic E-state index is 0.0329. The Morgan fingerprint density at radius 1 is 0.368 bits per heavy atom. The molecule has 57 heavy (non-hydrogen) atoms. The van der Waals surface area contributed by atoms with Crippen molar-refractivity contribution in [1.29, 1.82) is 0 Å². The van der Waals surface area contributed by atoms with Crippen LogP contribution in [0.15, 0.2) is 218 Å². The minimum absolute atomic E-state index is 0.0329. The summed E-state index contributed by atoms with van der Waals surface area (Å²) in [7, 11) is 0. The smallest absolute Gasteiger partial charge is 0.242 e. The van der Waals surface area contributed by atoms with Gasteiger partial charge in [0.25, 0.3) is 0 Å². The van der Waals surface area contributed by atoms with Crippen LogP contribution >= 0.6 is 0 Å². The number of hydrogen-bond donors (Lipinski definition) is 0. The summed E-state index contributed by atoms with van der Waals surface area (Å²) in [5.41, 5.74) is 11.6. The molecule has 0 spiro atoms. The Labute approximate surface area is 333 Å². The van der Waals surface area contributed by atoms with E-state index in [1.54, 1.807) is 0 Å². The number of hydrogen-bond acceptors (Lipinski definition) is 2. The highest BCUT2D eigenvalue weighted by molar-refractivity contribution is 6.98. The Morgan fingerprint density at radius 2 is 1.00 bits per heavy atom. The number of anilines is 3. The molecule has 0 amide bonds. The zero-order valence-electron chi connectivity index (χ0n) is 31.2. The lowest BCUT2D eigenvalue weighted by Crippen LogP contribution is -2.52. The normalized spacial score (nSPS) is 11.6. The number of para-hydroxylation sites is 1. The molecule has 1 heterocycles. The van der Waals surface area contributed by atoms with Gasteiger partial charge in [0.05, 0.1) is 5.69 Å². The molecule has 10 aromatic carbocycles. The van der Waals surface area contributed by atoms with Crippen molar-refractivity contribution in [2.75, 3.05) is 4.90 Å². The van der Waals surface area contributed by atoms with Crippen LogP contribution in [0.5, 0.6) is 11.5 Å². The molecule has 2 nitrogen and oxygen atoms in total. The van der Waals surface area contributed by atoms with Crippen LogP contribution in [0.25, 0.3) is 54.6 Å². The van der Waals surface area contributed by atoms with Gasteiger partial charge in [-0.3, -0.25) is 0 Å². The van der Waals surface area contributed by atoms with Crippen LogP contribution in [0.2, 0.25) is 0 Å². The SMILES string of the molecule is c1ccc(B(c2cccc3ccccc23)c2ccc3c4c(cccc24)Oc2cc(N(c4ccc5ccccc5c4)c4ccccc4-c4ccccc4)ccc2-3)cc1. The van der Waals surface area contributed by atoms with E-state index in [1.807, 2.05) is 0 Å². The summed E-state index contributed by atoms with van der Waals surface area (Å²) in [6.45, 7) is 0.0329. The first-order valence-corrected chi connectivity index (χ1v) is 19.6. The van der Waals surface area contributed by atoms with Crippen molar-refractivity contribution >= 4 is 72.5 Å². The van der Waals surface area contributed by atoms with Gasteiger partial charge >= 0.3 is 0 Å². The number of rotatable bonds is 7. The molecule has 0 bridgehead atoms. The van der Waals surface area contributed by atoms with E-state index in [9.17, 15) is 0 Å². The molecule has 0 aromatic heterocycles. The molecule has 11 rings (SSSR count). The van der Waals surface area contributed by atoms with Crippen LogP contribution in [0.1, 0.15) is 0 Å². The summed E-state index contributed by atoms with van der Waals surface area (Å²) < 4.78 is 6.99. The molecule has 3 heteroatoms. The van der Waals surface area contributed by atoms with E-state index in [1.165, 1.54) is 54.4 Å². The van der Waals surface area contributed by atoms with E-state index >= 15 is 0 Å². The van der Waals surface area contributed by atoms with Gasteiger partial charge in [0.2, 0.25) is 6.71 Å². The highest BCUT2D eigenvalue weighted by atomic mass is 16.5. The molecule has 0 saturated heterocycles. The van der Waals surface area contributed by atoms with Gasteiger partial charge in [0.15, 0.2) is 0 Å². The van der Waals surface area contributed by atoms with E-state index in [0.717, 1.165) is 45.1 Å². The Bertz CT molecular complexity index is 3120. The fourth-order valence-corrected chi connectivity index (χ4v) is 8.98. The quantitative estimate of drug-likeness (QED) is 0.152.